The van der Waals surface area contributed by atoms with Gasteiger partial charge in [-0.3, -0.25) is 10.1 Å². The fourth-order valence-electron chi connectivity index (χ4n) is 2.62. The Morgan fingerprint density at radius 1 is 1.46 bits per heavy atom. The molecule has 0 bridgehead atoms. The van der Waals surface area contributed by atoms with Gasteiger partial charge in [0.2, 0.25) is 11.8 Å². The first-order valence-electron chi connectivity index (χ1n) is 7.52. The number of nitrogens with one attached hydrogen (secondary N) is 1. The molecule has 2 heterocycles. The standard InChI is InChI=1S/C13H16F3N5O3/c14-13(15,16)12(22)4-1-5-20(7-12)11-17-6-9(21(23)24)10(19-11)18-8-2-3-8/h6,8,22H,1-5,7H2,(H,17,18,19)/t12-/m0/s1. The number of halogens is 3. The molecule has 1 saturated carbocycles. The second-order valence-electron chi connectivity index (χ2n) is 6.13. The number of nitro groups is 1. The summed E-state index contributed by atoms with van der Waals surface area (Å²) in [6, 6.07) is 0.0833. The third-order valence-corrected chi connectivity index (χ3v) is 4.15. The van der Waals surface area contributed by atoms with Crippen molar-refractivity contribution in [2.45, 2.75) is 43.5 Å². The monoisotopic (exact) mass is 347 g/mol. The van der Waals surface area contributed by atoms with Crippen LogP contribution in [-0.2, 0) is 0 Å². The number of piperidine rings is 1. The Morgan fingerprint density at radius 3 is 2.75 bits per heavy atom. The molecule has 132 valence electrons. The van der Waals surface area contributed by atoms with E-state index in [2.05, 4.69) is 15.3 Å². The molecule has 2 aliphatic rings. The van der Waals surface area contributed by atoms with Gasteiger partial charge in [0.1, 0.15) is 6.20 Å². The molecule has 0 aromatic carbocycles. The molecule has 1 atom stereocenters. The number of hydrogen-bond donors (Lipinski definition) is 2. The van der Waals surface area contributed by atoms with Crippen LogP contribution in [0.1, 0.15) is 25.7 Å². The molecule has 11 heteroatoms. The second-order valence-corrected chi connectivity index (χ2v) is 6.13. The van der Waals surface area contributed by atoms with E-state index in [1.807, 2.05) is 0 Å². The van der Waals surface area contributed by atoms with Gasteiger partial charge >= 0.3 is 11.9 Å². The van der Waals surface area contributed by atoms with E-state index in [1.54, 1.807) is 0 Å². The summed E-state index contributed by atoms with van der Waals surface area (Å²) in [5.41, 5.74) is -3.16. The Bertz CT molecular complexity index is 652. The number of anilines is 2. The van der Waals surface area contributed by atoms with Crippen LogP contribution in [0, 0.1) is 10.1 Å². The normalized spacial score (nSPS) is 24.8. The lowest BCUT2D eigenvalue weighted by Crippen LogP contribution is -2.57. The van der Waals surface area contributed by atoms with Crippen LogP contribution in [0.15, 0.2) is 6.20 Å². The molecule has 1 saturated heterocycles. The lowest BCUT2D eigenvalue weighted by atomic mass is 9.92. The summed E-state index contributed by atoms with van der Waals surface area (Å²) < 4.78 is 39.1. The molecule has 1 aliphatic carbocycles. The van der Waals surface area contributed by atoms with Crippen LogP contribution in [0.3, 0.4) is 0 Å². The molecule has 1 aromatic rings. The fraction of sp³-hybridized carbons (Fsp3) is 0.692. The van der Waals surface area contributed by atoms with Gasteiger partial charge in [0.05, 0.1) is 11.5 Å². The summed E-state index contributed by atoms with van der Waals surface area (Å²) in [6.45, 7) is -0.462. The number of β-amino-alcohol motifs (C(OH)–C–C–N with tert-alkyl or cyclic N) is 1. The highest BCUT2D eigenvalue weighted by Gasteiger charge is 2.55. The van der Waals surface area contributed by atoms with Gasteiger partial charge in [-0.1, -0.05) is 0 Å². The minimum atomic E-state index is -4.76. The molecule has 3 rings (SSSR count). The van der Waals surface area contributed by atoms with E-state index in [0.717, 1.165) is 19.0 Å². The highest BCUT2D eigenvalue weighted by molar-refractivity contribution is 5.58. The van der Waals surface area contributed by atoms with Crippen molar-refractivity contribution < 1.29 is 23.2 Å². The van der Waals surface area contributed by atoms with Crippen molar-refractivity contribution in [2.75, 3.05) is 23.3 Å². The van der Waals surface area contributed by atoms with Crippen LogP contribution in [0.5, 0.6) is 0 Å². The van der Waals surface area contributed by atoms with E-state index in [-0.39, 0.29) is 36.5 Å². The second kappa shape index (κ2) is 5.72. The Balaban J connectivity index is 1.87. The maximum Gasteiger partial charge on any atom is 0.418 e. The molecule has 8 nitrogen and oxygen atoms in total. The van der Waals surface area contributed by atoms with E-state index >= 15 is 0 Å². The molecule has 1 aromatic heterocycles. The number of rotatable bonds is 4. The maximum absolute atomic E-state index is 13.0. The first-order chi connectivity index (χ1) is 11.2. The van der Waals surface area contributed by atoms with E-state index < -0.39 is 29.7 Å². The predicted octanol–water partition coefficient (Wildman–Crippen LogP) is 1.85. The molecule has 0 radical (unpaired) electrons. The molecule has 0 spiro atoms. The summed E-state index contributed by atoms with van der Waals surface area (Å²) >= 11 is 0. The third-order valence-electron chi connectivity index (χ3n) is 4.15. The first kappa shape index (κ1) is 16.7. The summed E-state index contributed by atoms with van der Waals surface area (Å²) in [4.78, 5) is 19.4. The first-order valence-corrected chi connectivity index (χ1v) is 7.52. The van der Waals surface area contributed by atoms with Crippen LogP contribution in [0.4, 0.5) is 30.6 Å². The molecule has 0 unspecified atom stereocenters. The molecular formula is C13H16F3N5O3. The molecule has 1 aliphatic heterocycles. The van der Waals surface area contributed by atoms with E-state index in [9.17, 15) is 28.4 Å². The van der Waals surface area contributed by atoms with Crippen molar-refractivity contribution in [3.8, 4) is 0 Å². The average molecular weight is 347 g/mol. The van der Waals surface area contributed by atoms with Crippen molar-refractivity contribution in [2.24, 2.45) is 0 Å². The molecule has 2 N–H and O–H groups in total. The van der Waals surface area contributed by atoms with Gasteiger partial charge in [-0.05, 0) is 25.7 Å². The lowest BCUT2D eigenvalue weighted by molar-refractivity contribution is -0.384. The number of aliphatic hydroxyl groups is 1. The summed E-state index contributed by atoms with van der Waals surface area (Å²) in [6.07, 6.45) is -2.35. The Morgan fingerprint density at radius 2 is 2.17 bits per heavy atom. The van der Waals surface area contributed by atoms with Gasteiger partial charge in [-0.2, -0.15) is 18.2 Å². The van der Waals surface area contributed by atoms with Crippen LogP contribution < -0.4 is 10.2 Å². The smallest absolute Gasteiger partial charge is 0.379 e. The number of nitrogens with zero attached hydrogens (tertiary/aromatic N) is 4. The molecular weight excluding hydrogens is 331 g/mol. The lowest BCUT2D eigenvalue weighted by Gasteiger charge is -2.40. The zero-order valence-corrected chi connectivity index (χ0v) is 12.6. The zero-order chi connectivity index (χ0) is 17.5. The quantitative estimate of drug-likeness (QED) is 0.633. The van der Waals surface area contributed by atoms with Crippen molar-refractivity contribution in [3.63, 3.8) is 0 Å². The maximum atomic E-state index is 13.0. The van der Waals surface area contributed by atoms with Gasteiger partial charge < -0.3 is 15.3 Å². The average Bonchev–Trinajstić information content (AvgIpc) is 3.30. The Kier molecular flexibility index (Phi) is 3.98. The summed E-state index contributed by atoms with van der Waals surface area (Å²) in [7, 11) is 0. The van der Waals surface area contributed by atoms with Crippen molar-refractivity contribution in [3.05, 3.63) is 16.3 Å². The van der Waals surface area contributed by atoms with Gasteiger partial charge in [-0.25, -0.2) is 4.98 Å². The van der Waals surface area contributed by atoms with Crippen LogP contribution in [0.25, 0.3) is 0 Å². The largest absolute Gasteiger partial charge is 0.418 e. The van der Waals surface area contributed by atoms with E-state index in [4.69, 9.17) is 0 Å². The topological polar surface area (TPSA) is 104 Å². The van der Waals surface area contributed by atoms with Gasteiger partial charge in [0.25, 0.3) is 0 Å². The highest BCUT2D eigenvalue weighted by Crippen LogP contribution is 2.38. The Hall–Kier alpha value is -2.17. The molecule has 0 amide bonds. The van der Waals surface area contributed by atoms with E-state index in [0.29, 0.717) is 0 Å². The van der Waals surface area contributed by atoms with Crippen LogP contribution in [-0.4, -0.2) is 50.9 Å². The summed E-state index contributed by atoms with van der Waals surface area (Å²) in [5, 5.41) is 23.8. The number of hydrogen-bond acceptors (Lipinski definition) is 7. The zero-order valence-electron chi connectivity index (χ0n) is 12.6. The number of aromatic nitrogens is 2. The highest BCUT2D eigenvalue weighted by atomic mass is 19.4. The molecule has 24 heavy (non-hydrogen) atoms. The van der Waals surface area contributed by atoms with Crippen molar-refractivity contribution in [1.82, 2.24) is 9.97 Å². The number of alkyl halides is 3. The van der Waals surface area contributed by atoms with Crippen molar-refractivity contribution >= 4 is 17.5 Å². The fourth-order valence-corrected chi connectivity index (χ4v) is 2.62. The Labute approximate surface area is 134 Å². The van der Waals surface area contributed by atoms with Gasteiger partial charge in [0, 0.05) is 12.6 Å². The SMILES string of the molecule is O=[N+]([O-])c1cnc(N2CCC[C@@](O)(C(F)(F)F)C2)nc1NC1CC1. The van der Waals surface area contributed by atoms with E-state index in [1.165, 1.54) is 4.90 Å². The molecule has 2 fully saturated rings. The summed E-state index contributed by atoms with van der Waals surface area (Å²) in [5.74, 6) is -0.0697. The predicted molar refractivity (Wildman–Crippen MR) is 77.8 cm³/mol. The van der Waals surface area contributed by atoms with Crippen LogP contribution >= 0.6 is 0 Å². The van der Waals surface area contributed by atoms with Crippen molar-refractivity contribution in [1.29, 1.82) is 0 Å². The van der Waals surface area contributed by atoms with Crippen LogP contribution in [0.2, 0.25) is 0 Å². The van der Waals surface area contributed by atoms with Gasteiger partial charge in [0.15, 0.2) is 5.60 Å². The minimum Gasteiger partial charge on any atom is -0.379 e. The third kappa shape index (κ3) is 3.21. The minimum absolute atomic E-state index is 0.00591. The van der Waals surface area contributed by atoms with Gasteiger partial charge in [-0.15, -0.1) is 0 Å².